The summed E-state index contributed by atoms with van der Waals surface area (Å²) >= 11 is 0. The van der Waals surface area contributed by atoms with Crippen molar-refractivity contribution in [2.75, 3.05) is 7.11 Å². The van der Waals surface area contributed by atoms with Crippen LogP contribution >= 0.6 is 0 Å². The highest BCUT2D eigenvalue weighted by molar-refractivity contribution is 5.97. The molecule has 3 N–H and O–H groups in total. The SMILES string of the molecule is COc1ccc2[nH]cc(C=[NH2+])c2c1. The predicted molar refractivity (Wildman–Crippen MR) is 51.9 cm³/mol. The van der Waals surface area contributed by atoms with Crippen LogP contribution in [0.15, 0.2) is 24.4 Å². The topological polar surface area (TPSA) is 50.6 Å². The Morgan fingerprint density at radius 2 is 2.31 bits per heavy atom. The lowest BCUT2D eigenvalue weighted by molar-refractivity contribution is -0.104. The van der Waals surface area contributed by atoms with Crippen LogP contribution in [0, 0.1) is 0 Å². The molecule has 0 bridgehead atoms. The minimum absolute atomic E-state index is 0.843. The normalized spacial score (nSPS) is 10.2. The molecule has 0 aliphatic rings. The molecule has 0 radical (unpaired) electrons. The van der Waals surface area contributed by atoms with Crippen LogP contribution in [0.5, 0.6) is 5.75 Å². The van der Waals surface area contributed by atoms with Gasteiger partial charge in [-0.3, -0.25) is 5.41 Å². The van der Waals surface area contributed by atoms with Gasteiger partial charge in [0.25, 0.3) is 0 Å². The molecule has 0 unspecified atom stereocenters. The first-order valence-electron chi connectivity index (χ1n) is 4.05. The van der Waals surface area contributed by atoms with Crippen molar-refractivity contribution >= 4 is 17.1 Å². The van der Waals surface area contributed by atoms with E-state index in [2.05, 4.69) is 4.98 Å². The largest absolute Gasteiger partial charge is 0.497 e. The third-order valence-electron chi connectivity index (χ3n) is 2.10. The lowest BCUT2D eigenvalue weighted by Crippen LogP contribution is -2.29. The number of hydrogen-bond donors (Lipinski definition) is 2. The van der Waals surface area contributed by atoms with Crippen LogP contribution in [0.4, 0.5) is 0 Å². The molecule has 1 aromatic heterocycles. The minimum Gasteiger partial charge on any atom is -0.497 e. The highest BCUT2D eigenvalue weighted by Gasteiger charge is 2.03. The van der Waals surface area contributed by atoms with Crippen molar-refractivity contribution in [1.29, 1.82) is 0 Å². The predicted octanol–water partition coefficient (Wildman–Crippen LogP) is 0.354. The van der Waals surface area contributed by atoms with E-state index in [-0.39, 0.29) is 0 Å². The summed E-state index contributed by atoms with van der Waals surface area (Å²) in [5, 5.41) is 6.55. The molecule has 2 rings (SSSR count). The van der Waals surface area contributed by atoms with Gasteiger partial charge in [-0.05, 0) is 18.2 Å². The molecule has 3 nitrogen and oxygen atoms in total. The summed E-state index contributed by atoms with van der Waals surface area (Å²) in [6.45, 7) is 0. The van der Waals surface area contributed by atoms with E-state index in [9.17, 15) is 0 Å². The van der Waals surface area contributed by atoms with E-state index in [1.54, 1.807) is 13.3 Å². The molecule has 13 heavy (non-hydrogen) atoms. The summed E-state index contributed by atoms with van der Waals surface area (Å²) < 4.78 is 5.12. The van der Waals surface area contributed by atoms with Gasteiger partial charge in [-0.15, -0.1) is 0 Å². The summed E-state index contributed by atoms with van der Waals surface area (Å²) in [5.74, 6) is 0.843. The summed E-state index contributed by atoms with van der Waals surface area (Å²) in [4.78, 5) is 3.12. The molecule has 0 amide bonds. The number of nitrogens with two attached hydrogens (primary N) is 1. The van der Waals surface area contributed by atoms with E-state index in [4.69, 9.17) is 10.1 Å². The Morgan fingerprint density at radius 3 is 3.00 bits per heavy atom. The molecule has 0 aliphatic heterocycles. The van der Waals surface area contributed by atoms with Gasteiger partial charge in [0.15, 0.2) is 6.21 Å². The maximum absolute atomic E-state index is 5.47. The molecule has 0 fully saturated rings. The smallest absolute Gasteiger partial charge is 0.169 e. The van der Waals surface area contributed by atoms with Gasteiger partial charge >= 0.3 is 0 Å². The van der Waals surface area contributed by atoms with Gasteiger partial charge in [0.1, 0.15) is 5.75 Å². The Kier molecular flexibility index (Phi) is 1.77. The maximum Gasteiger partial charge on any atom is 0.169 e. The summed E-state index contributed by atoms with van der Waals surface area (Å²) in [6, 6.07) is 5.85. The van der Waals surface area contributed by atoms with Crippen LogP contribution in [0.2, 0.25) is 0 Å². The zero-order valence-corrected chi connectivity index (χ0v) is 7.37. The van der Waals surface area contributed by atoms with E-state index >= 15 is 0 Å². The Hall–Kier alpha value is -1.77. The molecule has 66 valence electrons. The lowest BCUT2D eigenvalue weighted by Gasteiger charge is -1.98. The molecular formula is C10H11N2O+. The molecular weight excluding hydrogens is 164 g/mol. The standard InChI is InChI=1S/C10H10N2O/c1-13-8-2-3-10-9(4-8)7(5-11)6-12-10/h2-6,11-12H,1H3/p+1. The zero-order chi connectivity index (χ0) is 9.26. The summed E-state index contributed by atoms with van der Waals surface area (Å²) in [6.07, 6.45) is 3.46. The van der Waals surface area contributed by atoms with E-state index in [0.29, 0.717) is 0 Å². The summed E-state index contributed by atoms with van der Waals surface area (Å²) in [7, 11) is 1.65. The first-order valence-corrected chi connectivity index (χ1v) is 4.05. The Bertz CT molecular complexity index is 445. The van der Waals surface area contributed by atoms with Crippen molar-refractivity contribution in [1.82, 2.24) is 4.98 Å². The molecule has 1 aromatic carbocycles. The fourth-order valence-corrected chi connectivity index (χ4v) is 1.39. The average Bonchev–Trinajstić information content (AvgIpc) is 2.59. The number of nitrogens with one attached hydrogen (secondary N) is 1. The number of fused-ring (bicyclic) bond motifs is 1. The maximum atomic E-state index is 5.47. The third kappa shape index (κ3) is 1.18. The van der Waals surface area contributed by atoms with Crippen molar-refractivity contribution < 1.29 is 10.1 Å². The number of aromatic amines is 1. The summed E-state index contributed by atoms with van der Waals surface area (Å²) in [5.41, 5.74) is 2.06. The second-order valence-corrected chi connectivity index (χ2v) is 2.82. The van der Waals surface area contributed by atoms with Crippen LogP contribution in [-0.2, 0) is 0 Å². The highest BCUT2D eigenvalue weighted by atomic mass is 16.5. The molecule has 0 aliphatic carbocycles. The number of aromatic nitrogens is 1. The molecule has 2 aromatic rings. The van der Waals surface area contributed by atoms with Crippen LogP contribution in [-0.4, -0.2) is 18.3 Å². The second-order valence-electron chi connectivity index (χ2n) is 2.82. The van der Waals surface area contributed by atoms with E-state index in [1.165, 1.54) is 0 Å². The zero-order valence-electron chi connectivity index (χ0n) is 7.37. The van der Waals surface area contributed by atoms with Crippen molar-refractivity contribution in [3.05, 3.63) is 30.0 Å². The molecule has 0 saturated carbocycles. The van der Waals surface area contributed by atoms with Crippen LogP contribution in [0.1, 0.15) is 5.56 Å². The van der Waals surface area contributed by atoms with E-state index in [0.717, 1.165) is 22.2 Å². The number of hydrogen-bond acceptors (Lipinski definition) is 1. The molecule has 0 saturated heterocycles. The third-order valence-corrected chi connectivity index (χ3v) is 2.10. The number of rotatable bonds is 2. The van der Waals surface area contributed by atoms with Crippen LogP contribution in [0.3, 0.4) is 0 Å². The van der Waals surface area contributed by atoms with Crippen molar-refractivity contribution in [3.8, 4) is 5.75 Å². The van der Waals surface area contributed by atoms with Crippen molar-refractivity contribution in [2.45, 2.75) is 0 Å². The number of H-pyrrole nitrogens is 1. The van der Waals surface area contributed by atoms with Gasteiger partial charge in [0.2, 0.25) is 0 Å². The van der Waals surface area contributed by atoms with Crippen LogP contribution in [0.25, 0.3) is 10.9 Å². The average molecular weight is 175 g/mol. The Morgan fingerprint density at radius 1 is 1.46 bits per heavy atom. The first-order chi connectivity index (χ1) is 6.35. The van der Waals surface area contributed by atoms with E-state index < -0.39 is 0 Å². The lowest BCUT2D eigenvalue weighted by atomic mass is 10.2. The molecule has 0 spiro atoms. The monoisotopic (exact) mass is 175 g/mol. The van der Waals surface area contributed by atoms with Gasteiger partial charge in [0.05, 0.1) is 12.7 Å². The molecule has 1 heterocycles. The minimum atomic E-state index is 0.843. The fourth-order valence-electron chi connectivity index (χ4n) is 1.39. The fraction of sp³-hybridized carbons (Fsp3) is 0.100. The van der Waals surface area contributed by atoms with Crippen molar-refractivity contribution in [2.24, 2.45) is 0 Å². The van der Waals surface area contributed by atoms with Gasteiger partial charge in [-0.1, -0.05) is 0 Å². The Balaban J connectivity index is 2.71. The number of methoxy groups -OCH3 is 1. The van der Waals surface area contributed by atoms with Gasteiger partial charge in [-0.2, -0.15) is 0 Å². The van der Waals surface area contributed by atoms with E-state index in [1.807, 2.05) is 24.4 Å². The van der Waals surface area contributed by atoms with Crippen molar-refractivity contribution in [3.63, 3.8) is 0 Å². The van der Waals surface area contributed by atoms with Gasteiger partial charge < -0.3 is 9.72 Å². The van der Waals surface area contributed by atoms with Gasteiger partial charge in [-0.25, -0.2) is 0 Å². The Labute approximate surface area is 75.9 Å². The number of benzene rings is 1. The molecule has 0 atom stereocenters. The van der Waals surface area contributed by atoms with Gasteiger partial charge in [0, 0.05) is 17.1 Å². The first kappa shape index (κ1) is 7.86. The number of ether oxygens (including phenoxy) is 1. The quantitative estimate of drug-likeness (QED) is 0.636. The van der Waals surface area contributed by atoms with Crippen LogP contribution < -0.4 is 10.1 Å². The molecule has 3 heteroatoms. The highest BCUT2D eigenvalue weighted by Crippen LogP contribution is 2.21. The second kappa shape index (κ2) is 2.94.